The molecule has 0 aromatic carbocycles. The van der Waals surface area contributed by atoms with E-state index in [0.29, 0.717) is 6.54 Å². The lowest BCUT2D eigenvalue weighted by Crippen LogP contribution is -2.35. The van der Waals surface area contributed by atoms with Crippen molar-refractivity contribution in [3.8, 4) is 0 Å². The summed E-state index contributed by atoms with van der Waals surface area (Å²) < 4.78 is 4.94. The number of nitrogens with one attached hydrogen (secondary N) is 1. The Morgan fingerprint density at radius 3 is 3.00 bits per heavy atom. The summed E-state index contributed by atoms with van der Waals surface area (Å²) in [5.41, 5.74) is 0.976. The number of rotatable bonds is 4. The first-order valence-electron chi connectivity index (χ1n) is 4.40. The average Bonchev–Trinajstić information content (AvgIpc) is 2.68. The molecule has 0 fully saturated rings. The number of likely N-dealkylation sites (N-methyl/N-ethyl adjacent to an activating group) is 1. The fraction of sp³-hybridized carbons (Fsp3) is 0.556. The van der Waals surface area contributed by atoms with Gasteiger partial charge in [0.25, 0.3) is 5.91 Å². The van der Waals surface area contributed by atoms with Gasteiger partial charge in [0.1, 0.15) is 6.10 Å². The van der Waals surface area contributed by atoms with Gasteiger partial charge in [-0.05, 0) is 6.92 Å². The van der Waals surface area contributed by atoms with Crippen molar-refractivity contribution in [1.82, 2.24) is 15.1 Å². The quantitative estimate of drug-likeness (QED) is 0.760. The molecule has 0 saturated carbocycles. The Bertz CT molecular complexity index is 284. The molecule has 1 heterocycles. The van der Waals surface area contributed by atoms with Gasteiger partial charge in [0.05, 0.1) is 6.20 Å². The average molecular weight is 197 g/mol. The number of amides is 1. The van der Waals surface area contributed by atoms with Crippen molar-refractivity contribution in [1.29, 1.82) is 0 Å². The zero-order chi connectivity index (χ0) is 10.6. The maximum atomic E-state index is 11.6. The van der Waals surface area contributed by atoms with E-state index < -0.39 is 6.10 Å². The molecule has 1 aromatic rings. The van der Waals surface area contributed by atoms with Crippen LogP contribution in [0.3, 0.4) is 0 Å². The van der Waals surface area contributed by atoms with Crippen LogP contribution in [0.2, 0.25) is 0 Å². The third-order valence-corrected chi connectivity index (χ3v) is 2.05. The first kappa shape index (κ1) is 10.7. The summed E-state index contributed by atoms with van der Waals surface area (Å²) in [5, 5.41) is 6.50. The molecule has 1 amide bonds. The summed E-state index contributed by atoms with van der Waals surface area (Å²) >= 11 is 0. The lowest BCUT2D eigenvalue weighted by atomic mass is 10.3. The van der Waals surface area contributed by atoms with Crippen LogP contribution in [-0.4, -0.2) is 41.3 Å². The largest absolute Gasteiger partial charge is 0.372 e. The van der Waals surface area contributed by atoms with E-state index in [9.17, 15) is 4.79 Å². The van der Waals surface area contributed by atoms with Gasteiger partial charge in [0.2, 0.25) is 0 Å². The Kier molecular flexibility index (Phi) is 3.64. The predicted molar refractivity (Wildman–Crippen MR) is 51.5 cm³/mol. The number of nitrogens with zero attached hydrogens (tertiary/aromatic N) is 2. The van der Waals surface area contributed by atoms with Gasteiger partial charge in [0, 0.05) is 32.5 Å². The van der Waals surface area contributed by atoms with E-state index in [1.54, 1.807) is 31.3 Å². The van der Waals surface area contributed by atoms with E-state index in [1.165, 1.54) is 7.11 Å². The van der Waals surface area contributed by atoms with Gasteiger partial charge >= 0.3 is 0 Å². The minimum atomic E-state index is -0.396. The second kappa shape index (κ2) is 4.76. The molecule has 1 N–H and O–H groups in total. The zero-order valence-corrected chi connectivity index (χ0v) is 8.65. The number of carbonyl (C=O) groups is 1. The Morgan fingerprint density at radius 1 is 1.79 bits per heavy atom. The van der Waals surface area contributed by atoms with E-state index in [0.717, 1.165) is 5.56 Å². The summed E-state index contributed by atoms with van der Waals surface area (Å²) in [4.78, 5) is 13.2. The summed E-state index contributed by atoms with van der Waals surface area (Å²) in [6.45, 7) is 2.28. The van der Waals surface area contributed by atoms with Crippen LogP contribution in [0.4, 0.5) is 0 Å². The second-order valence-electron chi connectivity index (χ2n) is 3.18. The number of H-pyrrole nitrogens is 1. The van der Waals surface area contributed by atoms with Crippen molar-refractivity contribution in [2.24, 2.45) is 0 Å². The van der Waals surface area contributed by atoms with Crippen LogP contribution in [0.25, 0.3) is 0 Å². The SMILES string of the molecule is COC(C)C(=O)N(C)Cc1cn[nH]c1. The van der Waals surface area contributed by atoms with Crippen LogP contribution in [0.1, 0.15) is 12.5 Å². The molecule has 0 aliphatic rings. The highest BCUT2D eigenvalue weighted by Gasteiger charge is 2.16. The second-order valence-corrected chi connectivity index (χ2v) is 3.18. The van der Waals surface area contributed by atoms with Crippen LogP contribution in [-0.2, 0) is 16.1 Å². The molecule has 5 nitrogen and oxygen atoms in total. The van der Waals surface area contributed by atoms with Gasteiger partial charge in [-0.15, -0.1) is 0 Å². The van der Waals surface area contributed by atoms with E-state index >= 15 is 0 Å². The molecule has 0 saturated heterocycles. The minimum Gasteiger partial charge on any atom is -0.372 e. The lowest BCUT2D eigenvalue weighted by molar-refractivity contribution is -0.140. The molecule has 0 bridgehead atoms. The maximum Gasteiger partial charge on any atom is 0.251 e. The number of carbonyl (C=O) groups excluding carboxylic acids is 1. The molecule has 0 aliphatic carbocycles. The molecule has 5 heteroatoms. The lowest BCUT2D eigenvalue weighted by Gasteiger charge is -2.19. The Morgan fingerprint density at radius 2 is 2.50 bits per heavy atom. The van der Waals surface area contributed by atoms with Crippen molar-refractivity contribution >= 4 is 5.91 Å². The maximum absolute atomic E-state index is 11.6. The molecule has 1 unspecified atom stereocenters. The molecule has 1 aromatic heterocycles. The molecule has 1 rings (SSSR count). The summed E-state index contributed by atoms with van der Waals surface area (Å²) in [6.07, 6.45) is 3.06. The Balaban J connectivity index is 2.50. The fourth-order valence-electron chi connectivity index (χ4n) is 1.13. The van der Waals surface area contributed by atoms with Crippen molar-refractivity contribution < 1.29 is 9.53 Å². The number of aromatic amines is 1. The summed E-state index contributed by atoms with van der Waals surface area (Å²) in [5.74, 6) is -0.0336. The highest BCUT2D eigenvalue weighted by atomic mass is 16.5. The predicted octanol–water partition coefficient (Wildman–Crippen LogP) is 0.403. The highest BCUT2D eigenvalue weighted by Crippen LogP contribution is 2.02. The van der Waals surface area contributed by atoms with Crippen molar-refractivity contribution in [2.75, 3.05) is 14.2 Å². The Labute approximate surface area is 83.1 Å². The molecule has 1 atom stereocenters. The van der Waals surface area contributed by atoms with E-state index in [1.807, 2.05) is 0 Å². The zero-order valence-electron chi connectivity index (χ0n) is 8.65. The van der Waals surface area contributed by atoms with Crippen LogP contribution in [0.15, 0.2) is 12.4 Å². The van der Waals surface area contributed by atoms with E-state index in [4.69, 9.17) is 4.74 Å². The third kappa shape index (κ3) is 2.56. The first-order valence-corrected chi connectivity index (χ1v) is 4.40. The number of hydrogen-bond acceptors (Lipinski definition) is 3. The molecule has 0 spiro atoms. The summed E-state index contributed by atoms with van der Waals surface area (Å²) in [7, 11) is 3.26. The highest BCUT2D eigenvalue weighted by molar-refractivity contribution is 5.80. The van der Waals surface area contributed by atoms with Crippen molar-refractivity contribution in [2.45, 2.75) is 19.6 Å². The van der Waals surface area contributed by atoms with Gasteiger partial charge in [-0.25, -0.2) is 0 Å². The van der Waals surface area contributed by atoms with Crippen LogP contribution < -0.4 is 0 Å². The van der Waals surface area contributed by atoms with Gasteiger partial charge < -0.3 is 9.64 Å². The topological polar surface area (TPSA) is 58.2 Å². The number of hydrogen-bond donors (Lipinski definition) is 1. The smallest absolute Gasteiger partial charge is 0.251 e. The van der Waals surface area contributed by atoms with Crippen molar-refractivity contribution in [3.63, 3.8) is 0 Å². The number of aromatic nitrogens is 2. The normalized spacial score (nSPS) is 12.5. The van der Waals surface area contributed by atoms with Gasteiger partial charge in [-0.1, -0.05) is 0 Å². The molecule has 14 heavy (non-hydrogen) atoms. The van der Waals surface area contributed by atoms with Crippen LogP contribution >= 0.6 is 0 Å². The Hall–Kier alpha value is -1.36. The fourth-order valence-corrected chi connectivity index (χ4v) is 1.13. The van der Waals surface area contributed by atoms with E-state index in [-0.39, 0.29) is 5.91 Å². The molecular formula is C9H15N3O2. The number of ether oxygens (including phenoxy) is 1. The molecular weight excluding hydrogens is 182 g/mol. The van der Waals surface area contributed by atoms with Crippen LogP contribution in [0, 0.1) is 0 Å². The third-order valence-electron chi connectivity index (χ3n) is 2.05. The van der Waals surface area contributed by atoms with Crippen molar-refractivity contribution in [3.05, 3.63) is 18.0 Å². The van der Waals surface area contributed by atoms with E-state index in [2.05, 4.69) is 10.2 Å². The van der Waals surface area contributed by atoms with Gasteiger partial charge in [0.15, 0.2) is 0 Å². The van der Waals surface area contributed by atoms with Gasteiger partial charge in [-0.3, -0.25) is 9.89 Å². The monoisotopic (exact) mass is 197 g/mol. The molecule has 78 valence electrons. The number of methoxy groups -OCH3 is 1. The molecule has 0 aliphatic heterocycles. The minimum absolute atomic E-state index is 0.0336. The van der Waals surface area contributed by atoms with Gasteiger partial charge in [-0.2, -0.15) is 5.10 Å². The first-order chi connectivity index (χ1) is 6.65. The molecule has 0 radical (unpaired) electrons. The summed E-state index contributed by atoms with van der Waals surface area (Å²) in [6, 6.07) is 0. The van der Waals surface area contributed by atoms with Crippen LogP contribution in [0.5, 0.6) is 0 Å². The standard InChI is InChI=1S/C9H15N3O2/c1-7(14-3)9(13)12(2)6-8-4-10-11-5-8/h4-5,7H,6H2,1-3H3,(H,10,11).